The van der Waals surface area contributed by atoms with Gasteiger partial charge in [0.15, 0.2) is 9.84 Å². The zero-order chi connectivity index (χ0) is 20.2. The highest BCUT2D eigenvalue weighted by Crippen LogP contribution is 2.38. The van der Waals surface area contributed by atoms with Gasteiger partial charge in [-0.15, -0.1) is 0 Å². The average Bonchev–Trinajstić information content (AvgIpc) is 3.11. The molecule has 3 heterocycles. The maximum absolute atomic E-state index is 12.6. The van der Waals surface area contributed by atoms with Crippen LogP contribution in [0.1, 0.15) is 17.3 Å². The van der Waals surface area contributed by atoms with Gasteiger partial charge in [0.25, 0.3) is 5.56 Å². The van der Waals surface area contributed by atoms with E-state index in [0.29, 0.717) is 33.4 Å². The largest absolute Gasteiger partial charge is 0.496 e. The Morgan fingerprint density at radius 2 is 1.96 bits per heavy atom. The molecule has 1 aromatic carbocycles. The molecule has 0 aliphatic heterocycles. The molecule has 146 valence electrons. The lowest BCUT2D eigenvalue weighted by atomic mass is 10.0. The Labute approximate surface area is 159 Å². The molecule has 0 bridgehead atoms. The van der Waals surface area contributed by atoms with Gasteiger partial charge in [0.2, 0.25) is 0 Å². The van der Waals surface area contributed by atoms with Crippen molar-refractivity contribution in [3.8, 4) is 16.9 Å². The number of benzene rings is 1. The van der Waals surface area contributed by atoms with Crippen LogP contribution < -0.4 is 10.3 Å². The predicted molar refractivity (Wildman–Crippen MR) is 104 cm³/mol. The topological polar surface area (TPSA) is 131 Å². The highest BCUT2D eigenvalue weighted by molar-refractivity contribution is 7.89. The Hall–Kier alpha value is -3.14. The third-order valence-electron chi connectivity index (χ3n) is 4.53. The fourth-order valence-electron chi connectivity index (χ4n) is 3.43. The Morgan fingerprint density at radius 1 is 1.21 bits per heavy atom. The maximum Gasteiger partial charge on any atom is 0.261 e. The Kier molecular flexibility index (Phi) is 4.03. The predicted octanol–water partition coefficient (Wildman–Crippen LogP) is 2.23. The van der Waals surface area contributed by atoms with Crippen molar-refractivity contribution >= 4 is 31.8 Å². The van der Waals surface area contributed by atoms with Crippen molar-refractivity contribution in [2.24, 2.45) is 0 Å². The summed E-state index contributed by atoms with van der Waals surface area (Å²) in [6.07, 6.45) is 1.09. The average molecular weight is 402 g/mol. The zero-order valence-electron chi connectivity index (χ0n) is 15.7. The first-order chi connectivity index (χ1) is 13.2. The number of nitrogens with one attached hydrogen (secondary N) is 2. The molecule has 0 aliphatic carbocycles. The maximum atomic E-state index is 12.6. The van der Waals surface area contributed by atoms with Gasteiger partial charge in [0.05, 0.1) is 23.8 Å². The first-order valence-corrected chi connectivity index (χ1v) is 10.5. The number of aromatic amines is 2. The first-order valence-electron chi connectivity index (χ1n) is 8.41. The lowest BCUT2D eigenvalue weighted by molar-refractivity contribution is 0.393. The van der Waals surface area contributed by atoms with Crippen LogP contribution in [-0.2, 0) is 15.6 Å². The summed E-state index contributed by atoms with van der Waals surface area (Å²) in [5.74, 6) is 0.950. The van der Waals surface area contributed by atoms with E-state index < -0.39 is 15.4 Å². The minimum absolute atomic E-state index is 0.0875. The van der Waals surface area contributed by atoms with Crippen LogP contribution in [0.2, 0.25) is 0 Å². The molecule has 4 rings (SSSR count). The summed E-state index contributed by atoms with van der Waals surface area (Å²) < 4.78 is 33.9. The van der Waals surface area contributed by atoms with Gasteiger partial charge in [0.1, 0.15) is 28.7 Å². The number of sulfone groups is 1. The van der Waals surface area contributed by atoms with Crippen molar-refractivity contribution in [3.63, 3.8) is 0 Å². The fraction of sp³-hybridized carbons (Fsp3) is 0.278. The van der Waals surface area contributed by atoms with E-state index in [0.717, 1.165) is 23.1 Å². The van der Waals surface area contributed by atoms with Crippen molar-refractivity contribution in [2.45, 2.75) is 19.6 Å². The molecule has 28 heavy (non-hydrogen) atoms. The van der Waals surface area contributed by atoms with Crippen molar-refractivity contribution < 1.29 is 17.7 Å². The van der Waals surface area contributed by atoms with Crippen molar-refractivity contribution in [1.29, 1.82) is 0 Å². The van der Waals surface area contributed by atoms with Gasteiger partial charge in [-0.1, -0.05) is 5.16 Å². The highest BCUT2D eigenvalue weighted by Gasteiger charge is 2.20. The molecule has 0 saturated carbocycles. The second-order valence-electron chi connectivity index (χ2n) is 6.73. The van der Waals surface area contributed by atoms with Crippen LogP contribution in [0, 0.1) is 13.8 Å². The molecule has 4 aromatic rings. The third-order valence-corrected chi connectivity index (χ3v) is 5.33. The van der Waals surface area contributed by atoms with E-state index in [1.54, 1.807) is 13.2 Å². The molecule has 0 atom stereocenters. The third kappa shape index (κ3) is 2.95. The molecular formula is C18H18N4O5S. The van der Waals surface area contributed by atoms with Crippen LogP contribution in [0.3, 0.4) is 0 Å². The molecule has 0 amide bonds. The van der Waals surface area contributed by atoms with Crippen LogP contribution in [-0.4, -0.2) is 41.9 Å². The van der Waals surface area contributed by atoms with E-state index in [9.17, 15) is 13.2 Å². The zero-order valence-corrected chi connectivity index (χ0v) is 16.5. The number of hydrogen-bond acceptors (Lipinski definition) is 7. The van der Waals surface area contributed by atoms with Gasteiger partial charge in [-0.3, -0.25) is 4.79 Å². The number of rotatable bonds is 4. The summed E-state index contributed by atoms with van der Waals surface area (Å²) in [7, 11) is -1.79. The van der Waals surface area contributed by atoms with E-state index in [2.05, 4.69) is 20.1 Å². The fourth-order valence-corrected chi connectivity index (χ4v) is 4.06. The molecule has 0 spiro atoms. The Balaban J connectivity index is 2.01. The lowest BCUT2D eigenvalue weighted by Gasteiger charge is -2.08. The minimum Gasteiger partial charge on any atom is -0.496 e. The summed E-state index contributed by atoms with van der Waals surface area (Å²) in [6, 6.07) is 3.60. The second-order valence-corrected chi connectivity index (χ2v) is 8.87. The number of H-pyrrole nitrogens is 2. The van der Waals surface area contributed by atoms with E-state index in [4.69, 9.17) is 9.26 Å². The minimum atomic E-state index is -3.33. The number of nitrogens with zero attached hydrogens (tertiary/aromatic N) is 2. The van der Waals surface area contributed by atoms with Crippen molar-refractivity contribution in [1.82, 2.24) is 20.1 Å². The van der Waals surface area contributed by atoms with Crippen molar-refractivity contribution in [3.05, 3.63) is 39.8 Å². The summed E-state index contributed by atoms with van der Waals surface area (Å²) in [4.78, 5) is 22.5. The molecule has 0 saturated heterocycles. The van der Waals surface area contributed by atoms with Gasteiger partial charge < -0.3 is 19.2 Å². The van der Waals surface area contributed by atoms with E-state index >= 15 is 0 Å². The van der Waals surface area contributed by atoms with Crippen LogP contribution in [0.4, 0.5) is 0 Å². The molecule has 0 radical (unpaired) electrons. The molecule has 10 heteroatoms. The number of aryl methyl sites for hydroxylation is 2. The summed E-state index contributed by atoms with van der Waals surface area (Å²) >= 11 is 0. The quantitative estimate of drug-likeness (QED) is 0.535. The SMILES string of the molecule is COc1cc2c(cc1-c1c(C)noc1C)[nH]c1nc(CS(C)(=O)=O)[nH]c(=O)c12. The highest BCUT2D eigenvalue weighted by atomic mass is 32.2. The Bertz CT molecular complexity index is 1380. The molecule has 3 aromatic heterocycles. The molecule has 9 nitrogen and oxygen atoms in total. The summed E-state index contributed by atoms with van der Waals surface area (Å²) in [5.41, 5.74) is 2.87. The monoisotopic (exact) mass is 402 g/mol. The van der Waals surface area contributed by atoms with Gasteiger partial charge in [-0.05, 0) is 26.0 Å². The van der Waals surface area contributed by atoms with E-state index in [1.165, 1.54) is 0 Å². The number of methoxy groups -OCH3 is 1. The lowest BCUT2D eigenvalue weighted by Crippen LogP contribution is -2.14. The molecular weight excluding hydrogens is 384 g/mol. The standard InChI is InChI=1S/C18H18N4O5S/c1-8-15(9(2)27-22-8)11-5-12-10(6-13(11)26-3)16-17(19-12)20-14(21-18(16)23)7-28(4,24)25/h5-6H,7H2,1-4H3,(H2,19,20,21,23). The second kappa shape index (κ2) is 6.20. The van der Waals surface area contributed by atoms with Crippen LogP contribution in [0.15, 0.2) is 21.5 Å². The first kappa shape index (κ1) is 18.2. The number of fused-ring (bicyclic) bond motifs is 3. The summed E-state index contributed by atoms with van der Waals surface area (Å²) in [6.45, 7) is 3.65. The van der Waals surface area contributed by atoms with E-state index in [-0.39, 0.29) is 11.6 Å². The van der Waals surface area contributed by atoms with Gasteiger partial charge in [-0.2, -0.15) is 0 Å². The molecule has 2 N–H and O–H groups in total. The Morgan fingerprint density at radius 3 is 2.57 bits per heavy atom. The van der Waals surface area contributed by atoms with Crippen LogP contribution >= 0.6 is 0 Å². The van der Waals surface area contributed by atoms with Crippen LogP contribution in [0.5, 0.6) is 5.75 Å². The number of aromatic nitrogens is 4. The van der Waals surface area contributed by atoms with Crippen molar-refractivity contribution in [2.75, 3.05) is 13.4 Å². The van der Waals surface area contributed by atoms with Gasteiger partial charge in [0, 0.05) is 22.7 Å². The normalized spacial score (nSPS) is 12.1. The summed E-state index contributed by atoms with van der Waals surface area (Å²) in [5, 5.41) is 4.96. The number of hydrogen-bond donors (Lipinski definition) is 2. The van der Waals surface area contributed by atoms with Crippen LogP contribution in [0.25, 0.3) is 33.1 Å². The van der Waals surface area contributed by atoms with E-state index in [1.807, 2.05) is 19.9 Å². The van der Waals surface area contributed by atoms with Gasteiger partial charge in [-0.25, -0.2) is 13.4 Å². The molecule has 0 unspecified atom stereocenters. The smallest absolute Gasteiger partial charge is 0.261 e. The van der Waals surface area contributed by atoms with Gasteiger partial charge >= 0.3 is 0 Å². The molecule has 0 aliphatic rings. The number of ether oxygens (including phenoxy) is 1. The molecule has 0 fully saturated rings.